The molecule has 1 aromatic heterocycles. The Morgan fingerprint density at radius 3 is 2.38 bits per heavy atom. The summed E-state index contributed by atoms with van der Waals surface area (Å²) in [4.78, 5) is 16.8. The van der Waals surface area contributed by atoms with E-state index in [9.17, 15) is 4.79 Å². The minimum Gasteiger partial charge on any atom is -0.481 e. The van der Waals surface area contributed by atoms with Crippen molar-refractivity contribution in [3.05, 3.63) is 23.9 Å². The van der Waals surface area contributed by atoms with Crippen molar-refractivity contribution in [3.8, 4) is 5.88 Å². The van der Waals surface area contributed by atoms with Gasteiger partial charge in [0, 0.05) is 11.6 Å². The van der Waals surface area contributed by atoms with Crippen molar-refractivity contribution in [1.82, 2.24) is 10.3 Å². The fraction of sp³-hybridized carbons (Fsp3) is 0.647. The van der Waals surface area contributed by atoms with Gasteiger partial charge in [-0.05, 0) is 62.3 Å². The summed E-state index contributed by atoms with van der Waals surface area (Å²) >= 11 is 0. The number of nitrogens with zero attached hydrogens (tertiary/aromatic N) is 1. The molecule has 4 nitrogen and oxygen atoms in total. The number of carbonyl (C=O) groups is 1. The molecule has 5 rings (SSSR count). The lowest BCUT2D eigenvalue weighted by molar-refractivity contribution is -0.0168. The molecule has 4 aliphatic rings. The topological polar surface area (TPSA) is 51.2 Å². The van der Waals surface area contributed by atoms with E-state index < -0.39 is 0 Å². The van der Waals surface area contributed by atoms with E-state index in [1.165, 1.54) is 19.3 Å². The molecule has 112 valence electrons. The van der Waals surface area contributed by atoms with E-state index in [-0.39, 0.29) is 11.4 Å². The fourth-order valence-corrected chi connectivity index (χ4v) is 5.22. The van der Waals surface area contributed by atoms with Gasteiger partial charge in [-0.2, -0.15) is 0 Å². The predicted molar refractivity (Wildman–Crippen MR) is 79.2 cm³/mol. The van der Waals surface area contributed by atoms with Crippen LogP contribution in [-0.2, 0) is 0 Å². The van der Waals surface area contributed by atoms with Crippen LogP contribution in [0.1, 0.15) is 49.0 Å². The molecule has 1 aromatic rings. The van der Waals surface area contributed by atoms with Gasteiger partial charge < -0.3 is 10.1 Å². The average Bonchev–Trinajstić information content (AvgIpc) is 2.45. The summed E-state index contributed by atoms with van der Waals surface area (Å²) in [6, 6.07) is 5.35. The summed E-state index contributed by atoms with van der Waals surface area (Å²) in [6.45, 7) is 0. The first-order chi connectivity index (χ1) is 10.2. The number of hydrogen-bond donors (Lipinski definition) is 1. The van der Waals surface area contributed by atoms with E-state index >= 15 is 0 Å². The van der Waals surface area contributed by atoms with Crippen molar-refractivity contribution in [2.45, 2.75) is 44.1 Å². The number of methoxy groups -OCH3 is 1. The highest BCUT2D eigenvalue weighted by molar-refractivity contribution is 5.93. The van der Waals surface area contributed by atoms with Crippen LogP contribution in [0.5, 0.6) is 5.88 Å². The van der Waals surface area contributed by atoms with Crippen LogP contribution in [0, 0.1) is 17.8 Å². The Kier molecular flexibility index (Phi) is 2.95. The number of carbonyl (C=O) groups excluding carboxylic acids is 1. The molecule has 4 heteroatoms. The van der Waals surface area contributed by atoms with Gasteiger partial charge >= 0.3 is 0 Å². The molecule has 1 N–H and O–H groups in total. The van der Waals surface area contributed by atoms with Gasteiger partial charge in [-0.25, -0.2) is 4.98 Å². The minimum absolute atomic E-state index is 0.0383. The number of hydrogen-bond acceptors (Lipinski definition) is 3. The number of pyridine rings is 1. The number of rotatable bonds is 3. The molecule has 4 bridgehead atoms. The Morgan fingerprint density at radius 1 is 1.19 bits per heavy atom. The highest BCUT2D eigenvalue weighted by atomic mass is 16.5. The highest BCUT2D eigenvalue weighted by Crippen LogP contribution is 2.55. The van der Waals surface area contributed by atoms with Crippen molar-refractivity contribution in [2.75, 3.05) is 7.11 Å². The molecule has 21 heavy (non-hydrogen) atoms. The normalized spacial score (nSPS) is 36.5. The summed E-state index contributed by atoms with van der Waals surface area (Å²) in [5.74, 6) is 2.93. The van der Waals surface area contributed by atoms with E-state index in [4.69, 9.17) is 4.74 Å². The maximum absolute atomic E-state index is 12.6. The Bertz CT molecular complexity index is 534. The average molecular weight is 286 g/mol. The molecule has 0 aliphatic heterocycles. The SMILES string of the molecule is COc1cccc(C(=O)NC23CC4CC(CC(C4)C2)C3)n1. The molecule has 4 fully saturated rings. The predicted octanol–water partition coefficient (Wildman–Crippen LogP) is 2.79. The molecular formula is C17H22N2O2. The van der Waals surface area contributed by atoms with Crippen molar-refractivity contribution >= 4 is 5.91 Å². The lowest BCUT2D eigenvalue weighted by atomic mass is 9.53. The largest absolute Gasteiger partial charge is 0.481 e. The summed E-state index contributed by atoms with van der Waals surface area (Å²) in [6.07, 6.45) is 7.63. The summed E-state index contributed by atoms with van der Waals surface area (Å²) in [5, 5.41) is 3.34. The molecule has 0 saturated heterocycles. The van der Waals surface area contributed by atoms with Crippen molar-refractivity contribution < 1.29 is 9.53 Å². The maximum atomic E-state index is 12.6. The van der Waals surface area contributed by atoms with E-state index in [1.54, 1.807) is 19.2 Å². The second kappa shape index (κ2) is 4.72. The molecule has 1 heterocycles. The van der Waals surface area contributed by atoms with Gasteiger partial charge in [0.1, 0.15) is 5.69 Å². The van der Waals surface area contributed by atoms with E-state index in [2.05, 4.69) is 10.3 Å². The quantitative estimate of drug-likeness (QED) is 0.929. The summed E-state index contributed by atoms with van der Waals surface area (Å²) < 4.78 is 5.11. The monoisotopic (exact) mass is 286 g/mol. The second-order valence-electron chi connectivity index (χ2n) is 7.22. The number of aromatic nitrogens is 1. The van der Waals surface area contributed by atoms with Crippen LogP contribution in [0.4, 0.5) is 0 Å². The first kappa shape index (κ1) is 13.1. The van der Waals surface area contributed by atoms with Gasteiger partial charge in [-0.1, -0.05) is 6.07 Å². The Morgan fingerprint density at radius 2 is 1.81 bits per heavy atom. The third-order valence-corrected chi connectivity index (χ3v) is 5.58. The van der Waals surface area contributed by atoms with E-state index in [0.717, 1.165) is 37.0 Å². The molecule has 0 atom stereocenters. The molecule has 1 amide bonds. The summed E-state index contributed by atoms with van der Waals surface area (Å²) in [7, 11) is 1.57. The standard InChI is InChI=1S/C17H22N2O2/c1-21-15-4-2-3-14(18-15)16(20)19-17-8-11-5-12(9-17)7-13(6-11)10-17/h2-4,11-13H,5-10H2,1H3,(H,19,20). The molecule has 4 aliphatic carbocycles. The lowest BCUT2D eigenvalue weighted by Crippen LogP contribution is -2.59. The third-order valence-electron chi connectivity index (χ3n) is 5.58. The molecular weight excluding hydrogens is 264 g/mol. The van der Waals surface area contributed by atoms with E-state index in [0.29, 0.717) is 11.6 Å². The van der Waals surface area contributed by atoms with Gasteiger partial charge in [-0.3, -0.25) is 4.79 Å². The van der Waals surface area contributed by atoms with E-state index in [1.807, 2.05) is 6.07 Å². The van der Waals surface area contributed by atoms with Crippen LogP contribution in [0.3, 0.4) is 0 Å². The molecule has 0 spiro atoms. The first-order valence-corrected chi connectivity index (χ1v) is 7.99. The number of amides is 1. The minimum atomic E-state index is -0.0455. The summed E-state index contributed by atoms with van der Waals surface area (Å²) in [5.41, 5.74) is 0.501. The van der Waals surface area contributed by atoms with Gasteiger partial charge in [0.15, 0.2) is 0 Å². The Hall–Kier alpha value is -1.58. The fourth-order valence-electron chi connectivity index (χ4n) is 5.22. The van der Waals surface area contributed by atoms with Crippen LogP contribution >= 0.6 is 0 Å². The smallest absolute Gasteiger partial charge is 0.270 e. The second-order valence-corrected chi connectivity index (χ2v) is 7.22. The zero-order valence-corrected chi connectivity index (χ0v) is 12.5. The van der Waals surface area contributed by atoms with Crippen molar-refractivity contribution in [3.63, 3.8) is 0 Å². The third kappa shape index (κ3) is 2.30. The number of ether oxygens (including phenoxy) is 1. The van der Waals surface area contributed by atoms with Crippen LogP contribution in [0.15, 0.2) is 18.2 Å². The molecule has 4 saturated carbocycles. The van der Waals surface area contributed by atoms with Crippen LogP contribution < -0.4 is 10.1 Å². The Labute approximate surface area is 125 Å². The van der Waals surface area contributed by atoms with Crippen LogP contribution in [0.2, 0.25) is 0 Å². The van der Waals surface area contributed by atoms with Crippen LogP contribution in [0.25, 0.3) is 0 Å². The lowest BCUT2D eigenvalue weighted by Gasteiger charge is -2.56. The maximum Gasteiger partial charge on any atom is 0.270 e. The number of nitrogens with one attached hydrogen (secondary N) is 1. The molecule has 0 aromatic carbocycles. The first-order valence-electron chi connectivity index (χ1n) is 7.99. The molecule has 0 unspecified atom stereocenters. The van der Waals surface area contributed by atoms with Crippen LogP contribution in [-0.4, -0.2) is 23.5 Å². The Balaban J connectivity index is 1.54. The van der Waals surface area contributed by atoms with Crippen molar-refractivity contribution in [2.24, 2.45) is 17.8 Å². The molecule has 0 radical (unpaired) electrons. The van der Waals surface area contributed by atoms with Gasteiger partial charge in [0.2, 0.25) is 5.88 Å². The van der Waals surface area contributed by atoms with Gasteiger partial charge in [0.25, 0.3) is 5.91 Å². The zero-order valence-electron chi connectivity index (χ0n) is 12.5. The highest BCUT2D eigenvalue weighted by Gasteiger charge is 2.51. The van der Waals surface area contributed by atoms with Crippen molar-refractivity contribution in [1.29, 1.82) is 0 Å². The van der Waals surface area contributed by atoms with Gasteiger partial charge in [-0.15, -0.1) is 0 Å². The zero-order chi connectivity index (χ0) is 14.4. The van der Waals surface area contributed by atoms with Gasteiger partial charge in [0.05, 0.1) is 7.11 Å².